The summed E-state index contributed by atoms with van der Waals surface area (Å²) in [4.78, 5) is 11.2. The summed E-state index contributed by atoms with van der Waals surface area (Å²) in [7, 11) is 2.50. The number of carbonyl (C=O) groups excluding carboxylic acids is 1. The second-order valence-electron chi connectivity index (χ2n) is 4.85. The molecule has 0 amide bonds. The van der Waals surface area contributed by atoms with Crippen molar-refractivity contribution in [1.29, 1.82) is 0 Å². The smallest absolute Gasteiger partial charge is 0.148 e. The van der Waals surface area contributed by atoms with Crippen molar-refractivity contribution in [3.63, 3.8) is 0 Å². The average Bonchev–Trinajstić information content (AvgIpc) is 2.61. The molecule has 2 N–H and O–H groups in total. The minimum atomic E-state index is -0.466. The van der Waals surface area contributed by atoms with Crippen LogP contribution in [-0.4, -0.2) is 30.7 Å². The molecule has 1 aliphatic rings. The summed E-state index contributed by atoms with van der Waals surface area (Å²) in [5.74, 6) is 0. The van der Waals surface area contributed by atoms with Crippen molar-refractivity contribution >= 4 is 72.8 Å². The Morgan fingerprint density at radius 3 is 2.42 bits per heavy atom. The number of carbonyl (C=O) groups is 1. The van der Waals surface area contributed by atoms with Gasteiger partial charge in [0.15, 0.2) is 0 Å². The highest BCUT2D eigenvalue weighted by Gasteiger charge is 2.41. The Morgan fingerprint density at radius 2 is 1.88 bits per heavy atom. The van der Waals surface area contributed by atoms with E-state index in [0.717, 1.165) is 17.5 Å². The molecule has 3 unspecified atom stereocenters. The third-order valence-corrected chi connectivity index (χ3v) is 5.28. The molecular weight excluding hydrogens is 576 g/mol. The van der Waals surface area contributed by atoms with E-state index >= 15 is 0 Å². The molecule has 0 radical (unpaired) electrons. The first-order valence-electron chi connectivity index (χ1n) is 7.51. The Hall–Kier alpha value is 0.730. The number of ether oxygens (including phenoxy) is 1. The quantitative estimate of drug-likeness (QED) is 0.206. The Labute approximate surface area is 176 Å². The van der Waals surface area contributed by atoms with Crippen LogP contribution in [0.2, 0.25) is 0 Å². The van der Waals surface area contributed by atoms with Crippen LogP contribution < -0.4 is 5.73 Å². The normalized spacial score (nSPS) is 26.3. The minimum absolute atomic E-state index is 0.188. The molecule has 136 valence electrons. The van der Waals surface area contributed by atoms with Gasteiger partial charge in [0.2, 0.25) is 0 Å². The van der Waals surface area contributed by atoms with Gasteiger partial charge >= 0.3 is 0 Å². The molecule has 4 atom stereocenters. The Kier molecular flexibility index (Phi) is 12.3. The lowest BCUT2D eigenvalue weighted by Crippen LogP contribution is -2.50. The standard InChI is InChI=1S/C13H15I2NO4S2.C2H6/c14-21-19-12-6-10(7-17)18-11(13(12)20-22-15)5-8-1-3-9(16)4-2-8;1-2/h1-4,7,10-13H,5-6,16H2;1-2H3/t10?,11-,12?,13?;/m1./s1. The number of anilines is 1. The number of nitrogens with two attached hydrogens (primary N) is 1. The van der Waals surface area contributed by atoms with Crippen LogP contribution in [0, 0.1) is 0 Å². The van der Waals surface area contributed by atoms with Crippen LogP contribution in [0.3, 0.4) is 0 Å². The maximum absolute atomic E-state index is 11.2. The fraction of sp³-hybridized carbons (Fsp3) is 0.533. The van der Waals surface area contributed by atoms with Crippen molar-refractivity contribution in [2.45, 2.75) is 51.1 Å². The molecule has 1 aromatic carbocycles. The van der Waals surface area contributed by atoms with E-state index in [1.165, 1.54) is 18.4 Å². The molecule has 1 saturated heterocycles. The van der Waals surface area contributed by atoms with Gasteiger partial charge in [0.1, 0.15) is 24.6 Å². The van der Waals surface area contributed by atoms with E-state index in [1.54, 1.807) is 0 Å². The SMILES string of the molecule is CC.Nc1ccc(C[C@H]2OC(C=O)CC(OSI)C2OSI)cc1. The first kappa shape index (κ1) is 22.8. The average molecular weight is 597 g/mol. The second kappa shape index (κ2) is 13.0. The molecule has 24 heavy (non-hydrogen) atoms. The van der Waals surface area contributed by atoms with E-state index in [9.17, 15) is 4.79 Å². The van der Waals surface area contributed by atoms with E-state index in [-0.39, 0.29) is 18.3 Å². The molecule has 1 aromatic rings. The van der Waals surface area contributed by atoms with Crippen LogP contribution in [0.4, 0.5) is 5.69 Å². The first-order valence-corrected chi connectivity index (χ1v) is 14.1. The van der Waals surface area contributed by atoms with E-state index in [1.807, 2.05) is 38.1 Å². The second-order valence-corrected chi connectivity index (χ2v) is 7.65. The van der Waals surface area contributed by atoms with E-state index in [4.69, 9.17) is 18.8 Å². The van der Waals surface area contributed by atoms with Crippen molar-refractivity contribution in [2.24, 2.45) is 0 Å². The van der Waals surface area contributed by atoms with E-state index in [0.29, 0.717) is 12.8 Å². The third-order valence-electron chi connectivity index (χ3n) is 3.42. The predicted octanol–water partition coefficient (Wildman–Crippen LogP) is 4.96. The van der Waals surface area contributed by atoms with Crippen molar-refractivity contribution in [2.75, 3.05) is 5.73 Å². The van der Waals surface area contributed by atoms with Crippen LogP contribution in [0.1, 0.15) is 25.8 Å². The van der Waals surface area contributed by atoms with Gasteiger partial charge in [0.05, 0.1) is 24.5 Å². The van der Waals surface area contributed by atoms with Gasteiger partial charge < -0.3 is 15.3 Å². The highest BCUT2D eigenvalue weighted by Crippen LogP contribution is 2.34. The number of nitrogen functional groups attached to an aromatic ring is 1. The van der Waals surface area contributed by atoms with Gasteiger partial charge in [-0.2, -0.15) is 0 Å². The number of aldehydes is 1. The van der Waals surface area contributed by atoms with Crippen LogP contribution in [0.15, 0.2) is 24.3 Å². The molecular formula is C15H21I2NO4S2. The molecule has 5 nitrogen and oxygen atoms in total. The maximum atomic E-state index is 11.2. The van der Waals surface area contributed by atoms with Crippen LogP contribution in [0.25, 0.3) is 0 Å². The summed E-state index contributed by atoms with van der Waals surface area (Å²) in [5, 5.41) is 0. The number of hydrogen-bond donors (Lipinski definition) is 1. The fourth-order valence-corrected chi connectivity index (χ4v) is 4.54. The van der Waals surface area contributed by atoms with Gasteiger partial charge in [-0.05, 0) is 17.7 Å². The van der Waals surface area contributed by atoms with Crippen molar-refractivity contribution < 1.29 is 17.9 Å². The van der Waals surface area contributed by atoms with Crippen LogP contribution in [-0.2, 0) is 24.3 Å². The van der Waals surface area contributed by atoms with Gasteiger partial charge in [0.25, 0.3) is 0 Å². The maximum Gasteiger partial charge on any atom is 0.148 e. The molecule has 2 rings (SSSR count). The minimum Gasteiger partial charge on any atom is -0.399 e. The summed E-state index contributed by atoms with van der Waals surface area (Å²) in [6, 6.07) is 7.63. The summed E-state index contributed by atoms with van der Waals surface area (Å²) < 4.78 is 17.3. The zero-order valence-corrected chi connectivity index (χ0v) is 19.3. The highest BCUT2D eigenvalue weighted by molar-refractivity contribution is 14.2. The zero-order valence-electron chi connectivity index (χ0n) is 13.4. The van der Waals surface area contributed by atoms with Gasteiger partial charge in [0, 0.05) is 60.9 Å². The fourth-order valence-electron chi connectivity index (χ4n) is 2.40. The Balaban J connectivity index is 0.00000139. The highest BCUT2D eigenvalue weighted by atomic mass is 127. The molecule has 9 heteroatoms. The molecule has 0 aromatic heterocycles. The summed E-state index contributed by atoms with van der Waals surface area (Å²) in [5.41, 5.74) is 7.51. The van der Waals surface area contributed by atoms with Crippen molar-refractivity contribution in [3.8, 4) is 0 Å². The summed E-state index contributed by atoms with van der Waals surface area (Å²) in [6.45, 7) is 4.00. The number of rotatable bonds is 7. The molecule has 0 saturated carbocycles. The largest absolute Gasteiger partial charge is 0.399 e. The molecule has 0 spiro atoms. The van der Waals surface area contributed by atoms with E-state index in [2.05, 4.69) is 42.4 Å². The van der Waals surface area contributed by atoms with Gasteiger partial charge in [-0.15, -0.1) is 0 Å². The van der Waals surface area contributed by atoms with Crippen LogP contribution in [0.5, 0.6) is 0 Å². The van der Waals surface area contributed by atoms with E-state index < -0.39 is 6.10 Å². The zero-order chi connectivity index (χ0) is 17.9. The molecule has 1 heterocycles. The predicted molar refractivity (Wildman–Crippen MR) is 118 cm³/mol. The number of halogens is 2. The third kappa shape index (κ3) is 7.16. The van der Waals surface area contributed by atoms with Crippen LogP contribution >= 0.6 is 60.8 Å². The monoisotopic (exact) mass is 597 g/mol. The molecule has 0 bridgehead atoms. The molecule has 1 aliphatic heterocycles. The summed E-state index contributed by atoms with van der Waals surface area (Å²) in [6.07, 6.45) is 0.828. The van der Waals surface area contributed by atoms with Crippen molar-refractivity contribution in [3.05, 3.63) is 29.8 Å². The lowest BCUT2D eigenvalue weighted by Gasteiger charge is -2.38. The topological polar surface area (TPSA) is 70.8 Å². The number of hydrogen-bond acceptors (Lipinski definition) is 7. The van der Waals surface area contributed by atoms with Gasteiger partial charge in [-0.1, -0.05) is 26.0 Å². The summed E-state index contributed by atoms with van der Waals surface area (Å²) >= 11 is 4.15. The number of benzene rings is 1. The lowest BCUT2D eigenvalue weighted by molar-refractivity contribution is -0.153. The van der Waals surface area contributed by atoms with Gasteiger partial charge in [-0.3, -0.25) is 8.37 Å². The van der Waals surface area contributed by atoms with Gasteiger partial charge in [-0.25, -0.2) is 0 Å². The first-order chi connectivity index (χ1) is 11.7. The van der Waals surface area contributed by atoms with Crippen molar-refractivity contribution in [1.82, 2.24) is 0 Å². The Morgan fingerprint density at radius 1 is 1.25 bits per heavy atom. The molecule has 1 fully saturated rings. The lowest BCUT2D eigenvalue weighted by atomic mass is 9.94. The Bertz CT molecular complexity index is 481. The molecule has 0 aliphatic carbocycles.